The highest BCUT2D eigenvalue weighted by Crippen LogP contribution is 2.26. The zero-order chi connectivity index (χ0) is 14.5. The molecule has 0 aromatic heterocycles. The van der Waals surface area contributed by atoms with Gasteiger partial charge in [-0.3, -0.25) is 9.69 Å². The third kappa shape index (κ3) is 3.38. The first-order valence-electron chi connectivity index (χ1n) is 6.68. The number of rotatable bonds is 4. The molecule has 0 saturated carbocycles. The van der Waals surface area contributed by atoms with Crippen LogP contribution in [-0.2, 0) is 9.53 Å². The normalized spacial score (nSPS) is 21.4. The van der Waals surface area contributed by atoms with Crippen molar-refractivity contribution in [1.29, 1.82) is 0 Å². The standard InChI is InChI=1S/C14H20BrN3O2/c1-17-14(19)13-9-20-6-5-18(13)12(8-16)10-3-2-4-11(15)7-10/h2-4,7,12-13H,5-6,8-9,16H2,1H3,(H,17,19). The summed E-state index contributed by atoms with van der Waals surface area (Å²) in [5.41, 5.74) is 7.07. The Labute approximate surface area is 127 Å². The van der Waals surface area contributed by atoms with E-state index in [1.807, 2.05) is 24.3 Å². The maximum atomic E-state index is 12.0. The molecule has 1 saturated heterocycles. The lowest BCUT2D eigenvalue weighted by Crippen LogP contribution is -2.55. The Morgan fingerprint density at radius 2 is 2.45 bits per heavy atom. The molecule has 6 heteroatoms. The van der Waals surface area contributed by atoms with Crippen molar-refractivity contribution in [2.75, 3.05) is 33.4 Å². The summed E-state index contributed by atoms with van der Waals surface area (Å²) >= 11 is 3.48. The van der Waals surface area contributed by atoms with Gasteiger partial charge in [-0.25, -0.2) is 0 Å². The fourth-order valence-corrected chi connectivity index (χ4v) is 2.98. The number of hydrogen-bond acceptors (Lipinski definition) is 4. The van der Waals surface area contributed by atoms with Crippen LogP contribution in [-0.4, -0.2) is 50.2 Å². The molecule has 1 aliphatic rings. The van der Waals surface area contributed by atoms with Crippen molar-refractivity contribution in [2.45, 2.75) is 12.1 Å². The molecule has 1 aromatic rings. The Morgan fingerprint density at radius 1 is 1.65 bits per heavy atom. The number of likely N-dealkylation sites (N-methyl/N-ethyl adjacent to an activating group) is 1. The fraction of sp³-hybridized carbons (Fsp3) is 0.500. The summed E-state index contributed by atoms with van der Waals surface area (Å²) in [5.74, 6) is -0.0295. The third-order valence-corrected chi connectivity index (χ3v) is 4.07. The first kappa shape index (κ1) is 15.4. The van der Waals surface area contributed by atoms with Crippen LogP contribution in [0.2, 0.25) is 0 Å². The molecule has 3 N–H and O–H groups in total. The number of carbonyl (C=O) groups excluding carboxylic acids is 1. The van der Waals surface area contributed by atoms with Crippen LogP contribution in [0.3, 0.4) is 0 Å². The van der Waals surface area contributed by atoms with Gasteiger partial charge in [0.1, 0.15) is 6.04 Å². The molecule has 1 aliphatic heterocycles. The van der Waals surface area contributed by atoms with Crippen LogP contribution in [0.4, 0.5) is 0 Å². The Bertz CT molecular complexity index is 469. The quantitative estimate of drug-likeness (QED) is 0.853. The summed E-state index contributed by atoms with van der Waals surface area (Å²) < 4.78 is 6.45. The van der Waals surface area contributed by atoms with Crippen molar-refractivity contribution < 1.29 is 9.53 Å². The average molecular weight is 342 g/mol. The second-order valence-corrected chi connectivity index (χ2v) is 5.66. The molecule has 0 spiro atoms. The number of nitrogens with one attached hydrogen (secondary N) is 1. The minimum atomic E-state index is -0.290. The molecule has 2 rings (SSSR count). The predicted octanol–water partition coefficient (Wildman–Crippen LogP) is 0.896. The molecule has 5 nitrogen and oxygen atoms in total. The molecular formula is C14H20BrN3O2. The van der Waals surface area contributed by atoms with Crippen LogP contribution in [0, 0.1) is 0 Å². The first-order valence-corrected chi connectivity index (χ1v) is 7.47. The van der Waals surface area contributed by atoms with Crippen molar-refractivity contribution in [3.8, 4) is 0 Å². The summed E-state index contributed by atoms with van der Waals surface area (Å²) in [4.78, 5) is 14.1. The molecule has 0 radical (unpaired) electrons. The maximum absolute atomic E-state index is 12.0. The predicted molar refractivity (Wildman–Crippen MR) is 81.3 cm³/mol. The Kier molecular flexibility index (Phi) is 5.54. The lowest BCUT2D eigenvalue weighted by molar-refractivity contribution is -0.134. The number of hydrogen-bond donors (Lipinski definition) is 2. The Hall–Kier alpha value is -0.950. The summed E-state index contributed by atoms with van der Waals surface area (Å²) in [5, 5.41) is 2.70. The Balaban J connectivity index is 2.26. The number of carbonyl (C=O) groups is 1. The number of benzene rings is 1. The minimum absolute atomic E-state index is 0.0127. The van der Waals surface area contributed by atoms with E-state index in [-0.39, 0.29) is 18.0 Å². The summed E-state index contributed by atoms with van der Waals surface area (Å²) in [6.07, 6.45) is 0. The van der Waals surface area contributed by atoms with Crippen molar-refractivity contribution in [3.05, 3.63) is 34.3 Å². The third-order valence-electron chi connectivity index (χ3n) is 3.58. The van der Waals surface area contributed by atoms with Gasteiger partial charge < -0.3 is 15.8 Å². The molecule has 1 fully saturated rings. The van der Waals surface area contributed by atoms with E-state index in [0.29, 0.717) is 26.3 Å². The number of halogens is 1. The van der Waals surface area contributed by atoms with E-state index in [1.165, 1.54) is 0 Å². The topological polar surface area (TPSA) is 67.6 Å². The van der Waals surface area contributed by atoms with Gasteiger partial charge in [0.05, 0.1) is 13.2 Å². The van der Waals surface area contributed by atoms with Gasteiger partial charge in [0.15, 0.2) is 0 Å². The van der Waals surface area contributed by atoms with Crippen LogP contribution in [0.15, 0.2) is 28.7 Å². The average Bonchev–Trinajstić information content (AvgIpc) is 2.48. The lowest BCUT2D eigenvalue weighted by Gasteiger charge is -2.39. The van der Waals surface area contributed by atoms with E-state index in [0.717, 1.165) is 10.0 Å². The number of ether oxygens (including phenoxy) is 1. The molecule has 1 aromatic carbocycles. The van der Waals surface area contributed by atoms with E-state index in [1.54, 1.807) is 7.05 Å². The van der Waals surface area contributed by atoms with Gasteiger partial charge in [0.25, 0.3) is 0 Å². The van der Waals surface area contributed by atoms with E-state index in [2.05, 4.69) is 26.1 Å². The molecular weight excluding hydrogens is 322 g/mol. The second-order valence-electron chi connectivity index (χ2n) is 4.75. The van der Waals surface area contributed by atoms with Crippen LogP contribution >= 0.6 is 15.9 Å². The van der Waals surface area contributed by atoms with Crippen LogP contribution in [0.1, 0.15) is 11.6 Å². The van der Waals surface area contributed by atoms with Gasteiger partial charge in [-0.15, -0.1) is 0 Å². The second kappa shape index (κ2) is 7.17. The highest BCUT2D eigenvalue weighted by molar-refractivity contribution is 9.10. The molecule has 110 valence electrons. The molecule has 2 atom stereocenters. The summed E-state index contributed by atoms with van der Waals surface area (Å²) in [6, 6.07) is 7.77. The molecule has 1 heterocycles. The van der Waals surface area contributed by atoms with E-state index < -0.39 is 0 Å². The highest BCUT2D eigenvalue weighted by Gasteiger charge is 2.33. The molecule has 2 unspecified atom stereocenters. The zero-order valence-electron chi connectivity index (χ0n) is 11.5. The summed E-state index contributed by atoms with van der Waals surface area (Å²) in [6.45, 7) is 2.19. The van der Waals surface area contributed by atoms with Crippen LogP contribution in [0.25, 0.3) is 0 Å². The highest BCUT2D eigenvalue weighted by atomic mass is 79.9. The fourth-order valence-electron chi connectivity index (χ4n) is 2.56. The van der Waals surface area contributed by atoms with Crippen molar-refractivity contribution in [3.63, 3.8) is 0 Å². The lowest BCUT2D eigenvalue weighted by atomic mass is 10.0. The molecule has 0 bridgehead atoms. The SMILES string of the molecule is CNC(=O)C1COCCN1C(CN)c1cccc(Br)c1. The monoisotopic (exact) mass is 341 g/mol. The maximum Gasteiger partial charge on any atom is 0.239 e. The van der Waals surface area contributed by atoms with Crippen molar-refractivity contribution in [1.82, 2.24) is 10.2 Å². The van der Waals surface area contributed by atoms with Gasteiger partial charge in [-0.1, -0.05) is 28.1 Å². The van der Waals surface area contributed by atoms with Gasteiger partial charge >= 0.3 is 0 Å². The van der Waals surface area contributed by atoms with E-state index >= 15 is 0 Å². The van der Waals surface area contributed by atoms with Crippen LogP contribution < -0.4 is 11.1 Å². The number of amides is 1. The van der Waals surface area contributed by atoms with Gasteiger partial charge in [-0.05, 0) is 17.7 Å². The molecule has 1 amide bonds. The van der Waals surface area contributed by atoms with Crippen molar-refractivity contribution in [2.24, 2.45) is 5.73 Å². The number of morpholine rings is 1. The number of nitrogens with zero attached hydrogens (tertiary/aromatic N) is 1. The first-order chi connectivity index (χ1) is 9.67. The number of nitrogens with two attached hydrogens (primary N) is 1. The van der Waals surface area contributed by atoms with Crippen molar-refractivity contribution >= 4 is 21.8 Å². The van der Waals surface area contributed by atoms with Gasteiger partial charge in [-0.2, -0.15) is 0 Å². The van der Waals surface area contributed by atoms with Gasteiger partial charge in [0.2, 0.25) is 5.91 Å². The van der Waals surface area contributed by atoms with E-state index in [4.69, 9.17) is 10.5 Å². The zero-order valence-corrected chi connectivity index (χ0v) is 13.1. The minimum Gasteiger partial charge on any atom is -0.378 e. The smallest absolute Gasteiger partial charge is 0.239 e. The molecule has 0 aliphatic carbocycles. The summed E-state index contributed by atoms with van der Waals surface area (Å²) in [7, 11) is 1.64. The van der Waals surface area contributed by atoms with Crippen LogP contribution in [0.5, 0.6) is 0 Å². The Morgan fingerprint density at radius 3 is 3.10 bits per heavy atom. The van der Waals surface area contributed by atoms with E-state index in [9.17, 15) is 4.79 Å². The molecule has 20 heavy (non-hydrogen) atoms. The largest absolute Gasteiger partial charge is 0.378 e. The van der Waals surface area contributed by atoms with Gasteiger partial charge in [0, 0.05) is 30.7 Å².